The number of methoxy groups -OCH3 is 2. The molecule has 3 aromatic rings. The molecule has 30 heavy (non-hydrogen) atoms. The molecule has 1 amide bonds. The summed E-state index contributed by atoms with van der Waals surface area (Å²) in [5, 5.41) is 3.56. The molecule has 2 atom stereocenters. The first-order chi connectivity index (χ1) is 14.5. The minimum absolute atomic E-state index is 0.00326. The van der Waals surface area contributed by atoms with Gasteiger partial charge in [0, 0.05) is 23.2 Å². The highest BCUT2D eigenvalue weighted by Crippen LogP contribution is 2.48. The number of aromatic nitrogens is 1. The van der Waals surface area contributed by atoms with Crippen LogP contribution in [0, 0.1) is 5.92 Å². The Morgan fingerprint density at radius 3 is 2.53 bits per heavy atom. The Bertz CT molecular complexity index is 1120. The van der Waals surface area contributed by atoms with Gasteiger partial charge in [-0.05, 0) is 36.1 Å². The molecule has 7 heteroatoms. The van der Waals surface area contributed by atoms with E-state index in [4.69, 9.17) is 9.47 Å². The second-order valence-electron chi connectivity index (χ2n) is 7.32. The molecular weight excluding hydrogens is 384 g/mol. The number of hydrogen-bond donors (Lipinski definition) is 1. The third kappa shape index (κ3) is 3.78. The molecule has 1 aliphatic carbocycles. The molecule has 0 saturated heterocycles. The van der Waals surface area contributed by atoms with Crippen LogP contribution in [-0.2, 0) is 25.6 Å². The maximum atomic E-state index is 12.8. The number of hydrogen-bond acceptors (Lipinski definition) is 5. The van der Waals surface area contributed by atoms with Gasteiger partial charge in [-0.25, -0.2) is 4.79 Å². The minimum atomic E-state index is -0.513. The van der Waals surface area contributed by atoms with E-state index in [1.165, 1.54) is 14.2 Å². The highest BCUT2D eigenvalue weighted by molar-refractivity contribution is 6.07. The Balaban J connectivity index is 1.62. The number of nitrogens with zero attached hydrogens (tertiary/aromatic N) is 1. The zero-order valence-electron chi connectivity index (χ0n) is 16.8. The lowest BCUT2D eigenvalue weighted by molar-refractivity contribution is -0.141. The van der Waals surface area contributed by atoms with Crippen molar-refractivity contribution in [2.24, 2.45) is 5.92 Å². The van der Waals surface area contributed by atoms with Gasteiger partial charge < -0.3 is 19.4 Å². The van der Waals surface area contributed by atoms with E-state index < -0.39 is 11.9 Å². The molecule has 0 aliphatic heterocycles. The zero-order valence-corrected chi connectivity index (χ0v) is 16.8. The normalized spacial score (nSPS) is 17.4. The van der Waals surface area contributed by atoms with Gasteiger partial charge in [-0.15, -0.1) is 0 Å². The molecule has 1 saturated carbocycles. The van der Waals surface area contributed by atoms with Crippen LogP contribution in [0.2, 0.25) is 0 Å². The SMILES string of the molecule is COC(=O)Cn1ccc2c(C(=O)OC)cc(NC(=O)C3CC3c3ccccc3)cc21. The monoisotopic (exact) mass is 406 g/mol. The van der Waals surface area contributed by atoms with Crippen LogP contribution in [0.25, 0.3) is 10.9 Å². The van der Waals surface area contributed by atoms with Crippen molar-refractivity contribution in [1.29, 1.82) is 0 Å². The van der Waals surface area contributed by atoms with E-state index in [1.807, 2.05) is 30.3 Å². The van der Waals surface area contributed by atoms with Crippen molar-refractivity contribution < 1.29 is 23.9 Å². The van der Waals surface area contributed by atoms with Crippen molar-refractivity contribution >= 4 is 34.4 Å². The molecule has 1 fully saturated rings. The molecule has 1 aliphatic rings. The van der Waals surface area contributed by atoms with E-state index >= 15 is 0 Å². The lowest BCUT2D eigenvalue weighted by Crippen LogP contribution is -2.16. The fourth-order valence-electron chi connectivity index (χ4n) is 3.78. The molecule has 0 bridgehead atoms. The highest BCUT2D eigenvalue weighted by atomic mass is 16.5. The minimum Gasteiger partial charge on any atom is -0.468 e. The number of anilines is 1. The Morgan fingerprint density at radius 2 is 1.83 bits per heavy atom. The number of carbonyl (C=O) groups is 3. The number of nitrogens with one attached hydrogen (secondary N) is 1. The lowest BCUT2D eigenvalue weighted by atomic mass is 10.1. The van der Waals surface area contributed by atoms with Gasteiger partial charge >= 0.3 is 11.9 Å². The van der Waals surface area contributed by atoms with Crippen molar-refractivity contribution in [3.8, 4) is 0 Å². The summed E-state index contributed by atoms with van der Waals surface area (Å²) in [5.74, 6) is -0.916. The molecule has 7 nitrogen and oxygen atoms in total. The number of rotatable bonds is 6. The van der Waals surface area contributed by atoms with Gasteiger partial charge in [0.2, 0.25) is 5.91 Å². The van der Waals surface area contributed by atoms with Crippen LogP contribution < -0.4 is 5.32 Å². The van der Waals surface area contributed by atoms with E-state index in [1.54, 1.807) is 29.0 Å². The molecule has 4 rings (SSSR count). The second-order valence-corrected chi connectivity index (χ2v) is 7.32. The molecule has 154 valence electrons. The first-order valence-electron chi connectivity index (χ1n) is 9.65. The molecule has 1 N–H and O–H groups in total. The van der Waals surface area contributed by atoms with Crippen LogP contribution >= 0.6 is 0 Å². The second kappa shape index (κ2) is 8.02. The third-order valence-corrected chi connectivity index (χ3v) is 5.44. The predicted octanol–water partition coefficient (Wildman–Crippen LogP) is 3.34. The number of esters is 2. The largest absolute Gasteiger partial charge is 0.468 e. The lowest BCUT2D eigenvalue weighted by Gasteiger charge is -2.11. The van der Waals surface area contributed by atoms with E-state index in [0.717, 1.165) is 12.0 Å². The van der Waals surface area contributed by atoms with Crippen molar-refractivity contribution in [2.45, 2.75) is 18.9 Å². The summed E-state index contributed by atoms with van der Waals surface area (Å²) in [6, 6.07) is 15.0. The fraction of sp³-hybridized carbons (Fsp3) is 0.261. The average molecular weight is 406 g/mol. The molecule has 2 aromatic carbocycles. The predicted molar refractivity (Wildman–Crippen MR) is 111 cm³/mol. The number of amides is 1. The van der Waals surface area contributed by atoms with Crippen molar-refractivity contribution in [3.63, 3.8) is 0 Å². The Hall–Kier alpha value is -3.61. The van der Waals surface area contributed by atoms with Crippen LogP contribution in [0.15, 0.2) is 54.7 Å². The number of ether oxygens (including phenoxy) is 2. The molecule has 1 heterocycles. The number of fused-ring (bicyclic) bond motifs is 1. The van der Waals surface area contributed by atoms with Crippen LogP contribution in [0.1, 0.15) is 28.3 Å². The van der Waals surface area contributed by atoms with Gasteiger partial charge in [-0.1, -0.05) is 30.3 Å². The number of benzene rings is 2. The van der Waals surface area contributed by atoms with Crippen molar-refractivity contribution in [3.05, 3.63) is 65.9 Å². The first kappa shape index (κ1) is 19.7. The fourth-order valence-corrected chi connectivity index (χ4v) is 3.78. The van der Waals surface area contributed by atoms with Gasteiger partial charge in [0.05, 0.1) is 25.3 Å². The topological polar surface area (TPSA) is 86.6 Å². The summed E-state index contributed by atoms with van der Waals surface area (Å²) in [6.07, 6.45) is 2.49. The van der Waals surface area contributed by atoms with Gasteiger partial charge in [0.25, 0.3) is 0 Å². The maximum absolute atomic E-state index is 12.8. The molecule has 2 unspecified atom stereocenters. The van der Waals surface area contributed by atoms with Gasteiger partial charge in [0.15, 0.2) is 0 Å². The molecule has 1 aromatic heterocycles. The Morgan fingerprint density at radius 1 is 1.07 bits per heavy atom. The summed E-state index contributed by atoms with van der Waals surface area (Å²) in [4.78, 5) is 36.8. The molecular formula is C23H22N2O5. The summed E-state index contributed by atoms with van der Waals surface area (Å²) in [6.45, 7) is -0.00326. The quantitative estimate of drug-likeness (QED) is 0.635. The van der Waals surface area contributed by atoms with E-state index in [9.17, 15) is 14.4 Å². The molecule has 0 spiro atoms. The first-order valence-corrected chi connectivity index (χ1v) is 9.65. The zero-order chi connectivity index (χ0) is 21.3. The smallest absolute Gasteiger partial charge is 0.338 e. The average Bonchev–Trinajstić information content (AvgIpc) is 3.49. The van der Waals surface area contributed by atoms with Gasteiger partial charge in [-0.2, -0.15) is 0 Å². The van der Waals surface area contributed by atoms with Gasteiger partial charge in [0.1, 0.15) is 6.54 Å². The maximum Gasteiger partial charge on any atom is 0.338 e. The van der Waals surface area contributed by atoms with Gasteiger partial charge in [-0.3, -0.25) is 9.59 Å². The standard InChI is InChI=1S/C23H22N2O5/c1-29-21(26)13-25-9-8-16-19(23(28)30-2)10-15(11-20(16)25)24-22(27)18-12-17(18)14-6-4-3-5-7-14/h3-11,17-18H,12-13H2,1-2H3,(H,24,27). The van der Waals surface area contributed by atoms with Crippen LogP contribution in [-0.4, -0.2) is 36.6 Å². The van der Waals surface area contributed by atoms with Crippen LogP contribution in [0.3, 0.4) is 0 Å². The van der Waals surface area contributed by atoms with Crippen molar-refractivity contribution in [1.82, 2.24) is 4.57 Å². The Labute approximate surface area is 173 Å². The van der Waals surface area contributed by atoms with E-state index in [0.29, 0.717) is 22.2 Å². The van der Waals surface area contributed by atoms with E-state index in [-0.39, 0.29) is 24.3 Å². The summed E-state index contributed by atoms with van der Waals surface area (Å²) >= 11 is 0. The van der Waals surface area contributed by atoms with Crippen LogP contribution in [0.5, 0.6) is 0 Å². The summed E-state index contributed by atoms with van der Waals surface area (Å²) in [7, 11) is 2.62. The third-order valence-electron chi connectivity index (χ3n) is 5.44. The van der Waals surface area contributed by atoms with E-state index in [2.05, 4.69) is 5.32 Å². The van der Waals surface area contributed by atoms with Crippen molar-refractivity contribution in [2.75, 3.05) is 19.5 Å². The Kier molecular flexibility index (Phi) is 5.27. The molecule has 0 radical (unpaired) electrons. The highest BCUT2D eigenvalue weighted by Gasteiger charge is 2.43. The number of carbonyl (C=O) groups excluding carboxylic acids is 3. The van der Waals surface area contributed by atoms with Crippen LogP contribution in [0.4, 0.5) is 5.69 Å². The summed E-state index contributed by atoms with van der Waals surface area (Å²) < 4.78 is 11.3. The summed E-state index contributed by atoms with van der Waals surface area (Å²) in [5.41, 5.74) is 2.59.